The van der Waals surface area contributed by atoms with Gasteiger partial charge < -0.3 is 10.3 Å². The quantitative estimate of drug-likeness (QED) is 0.529. The summed E-state index contributed by atoms with van der Waals surface area (Å²) in [6.45, 7) is 15.5. The molecule has 0 aliphatic carbocycles. The minimum atomic E-state index is 0.811. The minimum Gasteiger partial charge on any atom is -0.392 e. The molecule has 3 rings (SSSR count). The van der Waals surface area contributed by atoms with Gasteiger partial charge in [-0.2, -0.15) is 0 Å². The zero-order chi connectivity index (χ0) is 20.4. The Morgan fingerprint density at radius 1 is 1.15 bits per heavy atom. The van der Waals surface area contributed by atoms with Gasteiger partial charge in [0, 0.05) is 17.8 Å². The molecule has 0 spiro atoms. The van der Waals surface area contributed by atoms with Crippen molar-refractivity contribution in [2.75, 3.05) is 7.05 Å². The third-order valence-corrected chi connectivity index (χ3v) is 4.36. The highest BCUT2D eigenvalue weighted by Crippen LogP contribution is 2.20. The van der Waals surface area contributed by atoms with Crippen molar-refractivity contribution in [3.05, 3.63) is 83.3 Å². The fourth-order valence-corrected chi connectivity index (χ4v) is 2.30. The molecule has 0 saturated carbocycles. The summed E-state index contributed by atoms with van der Waals surface area (Å²) in [5, 5.41) is 3.73. The second kappa shape index (κ2) is 11.2. The van der Waals surface area contributed by atoms with Crippen LogP contribution in [0.15, 0.2) is 61.3 Å². The van der Waals surface area contributed by atoms with E-state index in [-0.39, 0.29) is 0 Å². The lowest BCUT2D eigenvalue weighted by atomic mass is 10.1. The maximum absolute atomic E-state index is 5.92. The second-order valence-corrected chi connectivity index (χ2v) is 6.70. The molecule has 0 radical (unpaired) electrons. The highest BCUT2D eigenvalue weighted by molar-refractivity contribution is 6.31. The summed E-state index contributed by atoms with van der Waals surface area (Å²) < 4.78 is 0. The van der Waals surface area contributed by atoms with E-state index in [1.165, 1.54) is 0 Å². The molecule has 0 bridgehead atoms. The number of fused-ring (bicyclic) bond motifs is 1. The molecule has 0 fully saturated rings. The summed E-state index contributed by atoms with van der Waals surface area (Å²) in [5.41, 5.74) is 6.51. The van der Waals surface area contributed by atoms with Crippen molar-refractivity contribution in [1.29, 1.82) is 0 Å². The van der Waals surface area contributed by atoms with Gasteiger partial charge in [-0.25, -0.2) is 4.98 Å². The van der Waals surface area contributed by atoms with Crippen molar-refractivity contribution >= 4 is 28.2 Å². The van der Waals surface area contributed by atoms with E-state index in [1.807, 2.05) is 70.3 Å². The fourth-order valence-electron chi connectivity index (χ4n) is 2.12. The van der Waals surface area contributed by atoms with Crippen molar-refractivity contribution in [2.45, 2.75) is 34.1 Å². The van der Waals surface area contributed by atoms with E-state index in [4.69, 9.17) is 11.6 Å². The maximum Gasteiger partial charge on any atom is 0.104 e. The van der Waals surface area contributed by atoms with Gasteiger partial charge in [0.15, 0.2) is 0 Å². The number of imidazole rings is 1. The molecular weight excluding hydrogens is 354 g/mol. The minimum absolute atomic E-state index is 0.811. The molecule has 0 saturated heterocycles. The standard InChI is InChI=1S/C10H11Cl.C8H8N2.C5H11N/c1-7(2)9-5-4-8(3)10(11)6-9;1-6-9-7-4-2-3-5-8(7)10-6;1-4-5(2)6-3/h4-6H,1H2,2-3H3;2-5H,1H3,(H,9,10);6H,2,4H2,1,3H3. The van der Waals surface area contributed by atoms with Crippen molar-refractivity contribution in [2.24, 2.45) is 0 Å². The van der Waals surface area contributed by atoms with Gasteiger partial charge in [-0.05, 0) is 56.5 Å². The number of nitrogens with zero attached hydrogens (tertiary/aromatic N) is 1. The van der Waals surface area contributed by atoms with Crippen molar-refractivity contribution in [3.63, 3.8) is 0 Å². The van der Waals surface area contributed by atoms with Crippen LogP contribution >= 0.6 is 11.6 Å². The van der Waals surface area contributed by atoms with Gasteiger partial charge in [0.1, 0.15) is 5.82 Å². The number of benzene rings is 2. The Balaban J connectivity index is 0.000000212. The second-order valence-electron chi connectivity index (χ2n) is 6.29. The number of aromatic amines is 1. The van der Waals surface area contributed by atoms with Crippen LogP contribution in [0.1, 0.15) is 37.2 Å². The highest BCUT2D eigenvalue weighted by Gasteiger charge is 1.97. The first-order valence-corrected chi connectivity index (χ1v) is 9.35. The van der Waals surface area contributed by atoms with Gasteiger partial charge in [0.05, 0.1) is 11.0 Å². The topological polar surface area (TPSA) is 40.7 Å². The van der Waals surface area contributed by atoms with Crippen LogP contribution in [0.2, 0.25) is 5.02 Å². The molecule has 1 heterocycles. The number of hydrogen-bond acceptors (Lipinski definition) is 2. The summed E-state index contributed by atoms with van der Waals surface area (Å²) in [7, 11) is 1.88. The lowest BCUT2D eigenvalue weighted by Crippen LogP contribution is -2.01. The molecule has 4 heteroatoms. The summed E-state index contributed by atoms with van der Waals surface area (Å²) in [4.78, 5) is 7.40. The van der Waals surface area contributed by atoms with Crippen LogP contribution in [0.5, 0.6) is 0 Å². The molecule has 144 valence electrons. The number of aryl methyl sites for hydroxylation is 2. The first kappa shape index (κ1) is 22.5. The molecule has 0 atom stereocenters. The normalized spacial score (nSPS) is 9.56. The van der Waals surface area contributed by atoms with Crippen LogP contribution in [0.3, 0.4) is 0 Å². The third-order valence-electron chi connectivity index (χ3n) is 3.95. The molecule has 0 unspecified atom stereocenters. The molecular formula is C23H30ClN3. The number of hydrogen-bond donors (Lipinski definition) is 2. The first-order valence-electron chi connectivity index (χ1n) is 8.97. The van der Waals surface area contributed by atoms with Crippen LogP contribution in [-0.4, -0.2) is 17.0 Å². The Morgan fingerprint density at radius 3 is 2.30 bits per heavy atom. The van der Waals surface area contributed by atoms with Gasteiger partial charge in [-0.1, -0.05) is 61.5 Å². The van der Waals surface area contributed by atoms with Crippen molar-refractivity contribution in [1.82, 2.24) is 15.3 Å². The molecule has 1 aromatic heterocycles. The first-order chi connectivity index (χ1) is 12.8. The van der Waals surface area contributed by atoms with Crippen LogP contribution in [-0.2, 0) is 0 Å². The van der Waals surface area contributed by atoms with E-state index in [0.717, 1.165) is 50.7 Å². The Labute approximate surface area is 168 Å². The molecule has 3 aromatic rings. The average molecular weight is 384 g/mol. The van der Waals surface area contributed by atoms with Crippen molar-refractivity contribution < 1.29 is 0 Å². The third kappa shape index (κ3) is 7.71. The maximum atomic E-state index is 5.92. The summed E-state index contributed by atoms with van der Waals surface area (Å²) in [5.74, 6) is 0.973. The summed E-state index contributed by atoms with van der Waals surface area (Å²) >= 11 is 5.92. The molecule has 2 aromatic carbocycles. The fraction of sp³-hybridized carbons (Fsp3) is 0.261. The zero-order valence-corrected chi connectivity index (χ0v) is 17.7. The van der Waals surface area contributed by atoms with Crippen LogP contribution < -0.4 is 5.32 Å². The molecule has 2 N–H and O–H groups in total. The van der Waals surface area contributed by atoms with E-state index in [9.17, 15) is 0 Å². The lowest BCUT2D eigenvalue weighted by molar-refractivity contribution is 0.908. The molecule has 0 aliphatic rings. The van der Waals surface area contributed by atoms with E-state index in [2.05, 4.69) is 35.4 Å². The molecule has 3 nitrogen and oxygen atoms in total. The number of nitrogens with one attached hydrogen (secondary N) is 2. The van der Waals surface area contributed by atoms with Gasteiger partial charge in [-0.15, -0.1) is 0 Å². The molecule has 27 heavy (non-hydrogen) atoms. The number of rotatable bonds is 3. The van der Waals surface area contributed by atoms with Crippen molar-refractivity contribution in [3.8, 4) is 0 Å². The molecule has 0 aliphatic heterocycles. The predicted octanol–water partition coefficient (Wildman–Crippen LogP) is 6.68. The Bertz CT molecular complexity index is 855. The molecule has 0 amide bonds. The van der Waals surface area contributed by atoms with Crippen LogP contribution in [0, 0.1) is 13.8 Å². The highest BCUT2D eigenvalue weighted by atomic mass is 35.5. The van der Waals surface area contributed by atoms with Gasteiger partial charge in [0.2, 0.25) is 0 Å². The Kier molecular flexibility index (Phi) is 9.38. The Morgan fingerprint density at radius 2 is 1.81 bits per heavy atom. The van der Waals surface area contributed by atoms with E-state index in [1.54, 1.807) is 0 Å². The smallest absolute Gasteiger partial charge is 0.104 e. The summed E-state index contributed by atoms with van der Waals surface area (Å²) in [6.07, 6.45) is 1.02. The van der Waals surface area contributed by atoms with E-state index >= 15 is 0 Å². The van der Waals surface area contributed by atoms with E-state index in [0.29, 0.717) is 0 Å². The van der Waals surface area contributed by atoms with E-state index < -0.39 is 0 Å². The lowest BCUT2D eigenvalue weighted by Gasteiger charge is -2.01. The number of para-hydroxylation sites is 2. The van der Waals surface area contributed by atoms with Crippen LogP contribution in [0.4, 0.5) is 0 Å². The SMILES string of the molecule is C=C(C)c1ccc(C)c(Cl)c1.C=C(CC)NC.Cc1nc2ccccc2[nH]1. The van der Waals surface area contributed by atoms with Gasteiger partial charge >= 0.3 is 0 Å². The number of H-pyrrole nitrogens is 1. The zero-order valence-electron chi connectivity index (χ0n) is 17.0. The Hall–Kier alpha value is -2.52. The largest absolute Gasteiger partial charge is 0.392 e. The number of aromatic nitrogens is 2. The number of allylic oxidation sites excluding steroid dienone is 2. The van der Waals surface area contributed by atoms with Crippen LogP contribution in [0.25, 0.3) is 16.6 Å². The monoisotopic (exact) mass is 383 g/mol. The number of halogens is 1. The average Bonchev–Trinajstić information content (AvgIpc) is 3.04. The van der Waals surface area contributed by atoms with Gasteiger partial charge in [0.25, 0.3) is 0 Å². The predicted molar refractivity (Wildman–Crippen MR) is 120 cm³/mol. The summed E-state index contributed by atoms with van der Waals surface area (Å²) in [6, 6.07) is 14.0. The van der Waals surface area contributed by atoms with Gasteiger partial charge in [-0.3, -0.25) is 0 Å².